The van der Waals surface area contributed by atoms with Crippen molar-refractivity contribution >= 4 is 15.9 Å². The van der Waals surface area contributed by atoms with Crippen LogP contribution in [0.1, 0.15) is 31.4 Å². The zero-order chi connectivity index (χ0) is 12.3. The van der Waals surface area contributed by atoms with Crippen LogP contribution in [0.2, 0.25) is 0 Å². The molecule has 1 nitrogen and oxygen atoms in total. The standard InChI is InChI=1S/C12H13BrF2O/c1-3-7(2)6-10(16)8-4-5-9(14)12(15)11(8)13/h4-5,10,16H,2-3,6H2,1H3. The van der Waals surface area contributed by atoms with Crippen molar-refractivity contribution in [1.82, 2.24) is 0 Å². The van der Waals surface area contributed by atoms with Gasteiger partial charge in [-0.2, -0.15) is 0 Å². The molecule has 0 bridgehead atoms. The first-order valence-corrected chi connectivity index (χ1v) is 5.74. The lowest BCUT2D eigenvalue weighted by Gasteiger charge is -2.14. The highest BCUT2D eigenvalue weighted by Gasteiger charge is 2.17. The van der Waals surface area contributed by atoms with Crippen molar-refractivity contribution in [3.05, 3.63) is 46.0 Å². The van der Waals surface area contributed by atoms with Gasteiger partial charge in [0, 0.05) is 0 Å². The molecule has 1 aromatic carbocycles. The second-order valence-electron chi connectivity index (χ2n) is 3.59. The fourth-order valence-electron chi connectivity index (χ4n) is 1.33. The van der Waals surface area contributed by atoms with Crippen molar-refractivity contribution in [1.29, 1.82) is 0 Å². The molecule has 0 saturated heterocycles. The Labute approximate surface area is 102 Å². The molecule has 0 aliphatic rings. The first-order chi connectivity index (χ1) is 7.47. The van der Waals surface area contributed by atoms with Gasteiger partial charge in [0.05, 0.1) is 10.6 Å². The Bertz CT molecular complexity index is 404. The Kier molecular flexibility index (Phi) is 4.62. The van der Waals surface area contributed by atoms with Gasteiger partial charge in [-0.1, -0.05) is 25.1 Å². The van der Waals surface area contributed by atoms with E-state index in [-0.39, 0.29) is 4.47 Å². The zero-order valence-electron chi connectivity index (χ0n) is 8.93. The molecule has 0 radical (unpaired) electrons. The van der Waals surface area contributed by atoms with Crippen LogP contribution in [0.5, 0.6) is 0 Å². The summed E-state index contributed by atoms with van der Waals surface area (Å²) in [7, 11) is 0. The van der Waals surface area contributed by atoms with E-state index in [0.29, 0.717) is 12.0 Å². The zero-order valence-corrected chi connectivity index (χ0v) is 10.5. The first kappa shape index (κ1) is 13.3. The molecule has 1 unspecified atom stereocenters. The predicted octanol–water partition coefficient (Wildman–Crippen LogP) is 4.12. The van der Waals surface area contributed by atoms with Gasteiger partial charge in [0.15, 0.2) is 11.6 Å². The number of aliphatic hydroxyl groups excluding tert-OH is 1. The molecule has 16 heavy (non-hydrogen) atoms. The summed E-state index contributed by atoms with van der Waals surface area (Å²) in [6, 6.07) is 2.38. The number of hydrogen-bond acceptors (Lipinski definition) is 1. The number of rotatable bonds is 4. The molecule has 0 aliphatic carbocycles. The van der Waals surface area contributed by atoms with E-state index in [0.717, 1.165) is 18.1 Å². The van der Waals surface area contributed by atoms with Crippen molar-refractivity contribution in [3.8, 4) is 0 Å². The topological polar surface area (TPSA) is 20.2 Å². The summed E-state index contributed by atoms with van der Waals surface area (Å²) in [6.07, 6.45) is 0.232. The minimum Gasteiger partial charge on any atom is -0.388 e. The average molecular weight is 291 g/mol. The molecule has 0 aromatic heterocycles. The van der Waals surface area contributed by atoms with Gasteiger partial charge in [-0.3, -0.25) is 0 Å². The summed E-state index contributed by atoms with van der Waals surface area (Å²) >= 11 is 2.94. The van der Waals surface area contributed by atoms with Crippen molar-refractivity contribution in [2.75, 3.05) is 0 Å². The fraction of sp³-hybridized carbons (Fsp3) is 0.333. The summed E-state index contributed by atoms with van der Waals surface area (Å²) in [5.41, 5.74) is 1.21. The van der Waals surface area contributed by atoms with Gasteiger partial charge in [-0.15, -0.1) is 0 Å². The highest BCUT2D eigenvalue weighted by atomic mass is 79.9. The highest BCUT2D eigenvalue weighted by molar-refractivity contribution is 9.10. The molecule has 0 amide bonds. The lowest BCUT2D eigenvalue weighted by Crippen LogP contribution is -2.02. The Morgan fingerprint density at radius 3 is 2.69 bits per heavy atom. The SMILES string of the molecule is C=C(CC)CC(O)c1ccc(F)c(F)c1Br. The first-order valence-electron chi connectivity index (χ1n) is 4.95. The molecule has 0 fully saturated rings. The highest BCUT2D eigenvalue weighted by Crippen LogP contribution is 2.31. The van der Waals surface area contributed by atoms with Crippen LogP contribution in [-0.2, 0) is 0 Å². The van der Waals surface area contributed by atoms with Crippen molar-refractivity contribution in [2.24, 2.45) is 0 Å². The molecule has 4 heteroatoms. The quantitative estimate of drug-likeness (QED) is 0.653. The summed E-state index contributed by atoms with van der Waals surface area (Å²) < 4.78 is 26.0. The van der Waals surface area contributed by atoms with Crippen molar-refractivity contribution in [2.45, 2.75) is 25.9 Å². The maximum absolute atomic E-state index is 13.2. The van der Waals surface area contributed by atoms with Crippen LogP contribution in [0.15, 0.2) is 28.8 Å². The normalized spacial score (nSPS) is 12.6. The van der Waals surface area contributed by atoms with Gasteiger partial charge >= 0.3 is 0 Å². The molecular formula is C12H13BrF2O. The molecule has 0 heterocycles. The van der Waals surface area contributed by atoms with Gasteiger partial charge in [0.1, 0.15) is 0 Å². The van der Waals surface area contributed by atoms with E-state index >= 15 is 0 Å². The molecule has 0 saturated carbocycles. The second kappa shape index (κ2) is 5.55. The van der Waals surface area contributed by atoms with Gasteiger partial charge in [-0.25, -0.2) is 8.78 Å². The average Bonchev–Trinajstić information content (AvgIpc) is 2.25. The molecule has 1 atom stereocenters. The van der Waals surface area contributed by atoms with Crippen molar-refractivity contribution < 1.29 is 13.9 Å². The van der Waals surface area contributed by atoms with Gasteiger partial charge in [-0.05, 0) is 40.4 Å². The van der Waals surface area contributed by atoms with E-state index in [1.165, 1.54) is 6.07 Å². The van der Waals surface area contributed by atoms with Crippen LogP contribution in [-0.4, -0.2) is 5.11 Å². The number of halogens is 3. The largest absolute Gasteiger partial charge is 0.388 e. The summed E-state index contributed by atoms with van der Waals surface area (Å²) in [4.78, 5) is 0. The molecule has 1 N–H and O–H groups in total. The third kappa shape index (κ3) is 2.89. The predicted molar refractivity (Wildman–Crippen MR) is 63.1 cm³/mol. The van der Waals surface area contributed by atoms with Crippen LogP contribution in [0.4, 0.5) is 8.78 Å². The van der Waals surface area contributed by atoms with E-state index in [4.69, 9.17) is 0 Å². The molecule has 1 rings (SSSR count). The van der Waals surface area contributed by atoms with Crippen LogP contribution in [0, 0.1) is 11.6 Å². The summed E-state index contributed by atoms with van der Waals surface area (Å²) in [5.74, 6) is -1.91. The second-order valence-corrected chi connectivity index (χ2v) is 4.38. The third-order valence-electron chi connectivity index (χ3n) is 2.41. The Morgan fingerprint density at radius 2 is 2.12 bits per heavy atom. The fourth-order valence-corrected chi connectivity index (χ4v) is 1.91. The van der Waals surface area contributed by atoms with E-state index in [1.807, 2.05) is 6.92 Å². The molecule has 88 valence electrons. The van der Waals surface area contributed by atoms with Crippen molar-refractivity contribution in [3.63, 3.8) is 0 Å². The van der Waals surface area contributed by atoms with Gasteiger partial charge < -0.3 is 5.11 Å². The maximum Gasteiger partial charge on any atom is 0.173 e. The maximum atomic E-state index is 13.2. The number of benzene rings is 1. The van der Waals surface area contributed by atoms with Crippen LogP contribution < -0.4 is 0 Å². The number of aliphatic hydroxyl groups is 1. The Balaban J connectivity index is 2.96. The summed E-state index contributed by atoms with van der Waals surface area (Å²) in [5, 5.41) is 9.84. The lowest BCUT2D eigenvalue weighted by molar-refractivity contribution is 0.176. The third-order valence-corrected chi connectivity index (χ3v) is 3.21. The summed E-state index contributed by atoms with van der Waals surface area (Å²) in [6.45, 7) is 5.69. The van der Waals surface area contributed by atoms with E-state index in [2.05, 4.69) is 22.5 Å². The van der Waals surface area contributed by atoms with E-state index < -0.39 is 17.7 Å². The Morgan fingerprint density at radius 1 is 1.50 bits per heavy atom. The van der Waals surface area contributed by atoms with E-state index in [1.54, 1.807) is 0 Å². The molecule has 1 aromatic rings. The van der Waals surface area contributed by atoms with Crippen LogP contribution >= 0.6 is 15.9 Å². The minimum atomic E-state index is -0.973. The smallest absolute Gasteiger partial charge is 0.173 e. The molecule has 0 spiro atoms. The lowest BCUT2D eigenvalue weighted by atomic mass is 10.0. The molecular weight excluding hydrogens is 278 g/mol. The van der Waals surface area contributed by atoms with Crippen LogP contribution in [0.25, 0.3) is 0 Å². The van der Waals surface area contributed by atoms with Gasteiger partial charge in [0.2, 0.25) is 0 Å². The van der Waals surface area contributed by atoms with E-state index in [9.17, 15) is 13.9 Å². The monoisotopic (exact) mass is 290 g/mol. The number of hydrogen-bond donors (Lipinski definition) is 1. The minimum absolute atomic E-state index is 0.0242. The molecule has 0 aliphatic heterocycles. The Hall–Kier alpha value is -0.740. The van der Waals surface area contributed by atoms with Gasteiger partial charge in [0.25, 0.3) is 0 Å². The van der Waals surface area contributed by atoms with Crippen LogP contribution in [0.3, 0.4) is 0 Å².